The Morgan fingerprint density at radius 1 is 1.31 bits per heavy atom. The van der Waals surface area contributed by atoms with Crippen molar-refractivity contribution in [2.24, 2.45) is 0 Å². The average molecular weight is 233 g/mol. The Bertz CT molecular complexity index is 376. The standard InChI is InChI=1S/C10H10BF4O/c1-2-3-6-16-10-7-8(12)4-5-9(10)11(13,14)15/h2,4-5,7H,1,3,6H2/q-1. The molecule has 0 saturated carbocycles. The van der Waals surface area contributed by atoms with E-state index in [0.717, 1.165) is 12.1 Å². The summed E-state index contributed by atoms with van der Waals surface area (Å²) >= 11 is 0. The van der Waals surface area contributed by atoms with Gasteiger partial charge in [-0.2, -0.15) is 0 Å². The molecule has 0 heterocycles. The highest BCUT2D eigenvalue weighted by atomic mass is 19.4. The van der Waals surface area contributed by atoms with E-state index in [1.807, 2.05) is 0 Å². The van der Waals surface area contributed by atoms with E-state index >= 15 is 0 Å². The van der Waals surface area contributed by atoms with Crippen LogP contribution in [-0.2, 0) is 0 Å². The third-order valence-corrected chi connectivity index (χ3v) is 1.91. The van der Waals surface area contributed by atoms with E-state index in [0.29, 0.717) is 12.5 Å². The number of rotatable bonds is 5. The van der Waals surface area contributed by atoms with Gasteiger partial charge in [0.2, 0.25) is 0 Å². The lowest BCUT2D eigenvalue weighted by atomic mass is 9.79. The summed E-state index contributed by atoms with van der Waals surface area (Å²) < 4.78 is 55.2. The van der Waals surface area contributed by atoms with Gasteiger partial charge in [0.1, 0.15) is 5.82 Å². The summed E-state index contributed by atoms with van der Waals surface area (Å²) in [7, 11) is 0. The molecule has 1 aromatic rings. The van der Waals surface area contributed by atoms with Gasteiger partial charge in [-0.3, -0.25) is 0 Å². The van der Waals surface area contributed by atoms with Crippen molar-refractivity contribution in [3.8, 4) is 5.75 Å². The fourth-order valence-corrected chi connectivity index (χ4v) is 1.16. The monoisotopic (exact) mass is 233 g/mol. The van der Waals surface area contributed by atoms with Crippen molar-refractivity contribution in [2.45, 2.75) is 6.42 Å². The quantitative estimate of drug-likeness (QED) is 0.329. The molecule has 0 spiro atoms. The highest BCUT2D eigenvalue weighted by Crippen LogP contribution is 2.19. The topological polar surface area (TPSA) is 9.23 Å². The summed E-state index contributed by atoms with van der Waals surface area (Å²) in [5.41, 5.74) is -0.912. The molecule has 0 unspecified atom stereocenters. The van der Waals surface area contributed by atoms with E-state index in [1.54, 1.807) is 0 Å². The molecule has 1 nitrogen and oxygen atoms in total. The van der Waals surface area contributed by atoms with Crippen LogP contribution in [0, 0.1) is 5.82 Å². The molecule has 0 radical (unpaired) electrons. The molecule has 0 saturated heterocycles. The molecule has 0 N–H and O–H groups in total. The Morgan fingerprint density at radius 2 is 2.00 bits per heavy atom. The predicted octanol–water partition coefficient (Wildman–Crippen LogP) is 2.84. The Labute approximate surface area is 90.8 Å². The SMILES string of the molecule is C=CCCOc1cc(F)ccc1[B-](F)(F)F. The van der Waals surface area contributed by atoms with Crippen molar-refractivity contribution in [3.63, 3.8) is 0 Å². The third-order valence-electron chi connectivity index (χ3n) is 1.91. The van der Waals surface area contributed by atoms with Crippen LogP contribution < -0.4 is 10.2 Å². The van der Waals surface area contributed by atoms with Crippen LogP contribution in [0.15, 0.2) is 30.9 Å². The van der Waals surface area contributed by atoms with Crippen molar-refractivity contribution < 1.29 is 22.1 Å². The molecule has 0 amide bonds. The minimum Gasteiger partial charge on any atom is -0.496 e. The van der Waals surface area contributed by atoms with E-state index in [2.05, 4.69) is 6.58 Å². The maximum atomic E-state index is 12.8. The number of ether oxygens (including phenoxy) is 1. The zero-order valence-corrected chi connectivity index (χ0v) is 8.43. The first-order chi connectivity index (χ1) is 7.45. The molecule has 6 heteroatoms. The maximum absolute atomic E-state index is 12.8. The number of halogens is 4. The molecule has 0 atom stereocenters. The van der Waals surface area contributed by atoms with Gasteiger partial charge < -0.3 is 17.7 Å². The predicted molar refractivity (Wildman–Crippen MR) is 55.4 cm³/mol. The summed E-state index contributed by atoms with van der Waals surface area (Å²) in [5.74, 6) is -1.22. The molecular weight excluding hydrogens is 223 g/mol. The Balaban J connectivity index is 2.94. The third kappa shape index (κ3) is 3.29. The van der Waals surface area contributed by atoms with E-state index in [1.165, 1.54) is 6.08 Å². The molecule has 0 fully saturated rings. The fourth-order valence-electron chi connectivity index (χ4n) is 1.16. The van der Waals surface area contributed by atoms with E-state index in [4.69, 9.17) is 4.74 Å². The van der Waals surface area contributed by atoms with Gasteiger partial charge in [-0.1, -0.05) is 17.6 Å². The van der Waals surface area contributed by atoms with Crippen molar-refractivity contribution in [1.29, 1.82) is 0 Å². The first-order valence-corrected chi connectivity index (χ1v) is 4.68. The number of benzene rings is 1. The Morgan fingerprint density at radius 3 is 2.56 bits per heavy atom. The van der Waals surface area contributed by atoms with Crippen LogP contribution in [0.4, 0.5) is 17.3 Å². The molecule has 1 rings (SSSR count). The smallest absolute Gasteiger partial charge is 0.496 e. The van der Waals surface area contributed by atoms with Crippen LogP contribution in [0.5, 0.6) is 5.75 Å². The molecule has 0 aliphatic rings. The van der Waals surface area contributed by atoms with E-state index in [-0.39, 0.29) is 6.61 Å². The van der Waals surface area contributed by atoms with Gasteiger partial charge in [0.15, 0.2) is 0 Å². The van der Waals surface area contributed by atoms with Gasteiger partial charge in [0.05, 0.1) is 12.4 Å². The molecule has 0 aliphatic carbocycles. The second kappa shape index (κ2) is 5.05. The van der Waals surface area contributed by atoms with Crippen LogP contribution in [0.3, 0.4) is 0 Å². The zero-order chi connectivity index (χ0) is 12.2. The zero-order valence-electron chi connectivity index (χ0n) is 8.43. The Hall–Kier alpha value is -1.46. The van der Waals surface area contributed by atoms with Gasteiger partial charge in [-0.05, 0) is 12.5 Å². The largest absolute Gasteiger partial charge is 0.513 e. The van der Waals surface area contributed by atoms with Crippen molar-refractivity contribution >= 4 is 12.4 Å². The van der Waals surface area contributed by atoms with Gasteiger partial charge in [0, 0.05) is 6.07 Å². The summed E-state index contributed by atoms with van der Waals surface area (Å²) in [4.78, 5) is 0. The minimum absolute atomic E-state index is 0.0477. The summed E-state index contributed by atoms with van der Waals surface area (Å²) in [6.07, 6.45) is 1.92. The second-order valence-electron chi connectivity index (χ2n) is 3.18. The van der Waals surface area contributed by atoms with Gasteiger partial charge in [-0.25, -0.2) is 4.39 Å². The van der Waals surface area contributed by atoms with Crippen LogP contribution in [-0.4, -0.2) is 13.6 Å². The highest BCUT2D eigenvalue weighted by Gasteiger charge is 2.29. The summed E-state index contributed by atoms with van der Waals surface area (Å²) in [6, 6.07) is 2.21. The molecule has 1 aromatic carbocycles. The first kappa shape index (κ1) is 12.6. The van der Waals surface area contributed by atoms with Gasteiger partial charge in [0.25, 0.3) is 0 Å². The first-order valence-electron chi connectivity index (χ1n) is 4.68. The van der Waals surface area contributed by atoms with E-state index < -0.39 is 24.0 Å². The Kier molecular flexibility index (Phi) is 3.98. The van der Waals surface area contributed by atoms with Gasteiger partial charge in [-0.15, -0.1) is 6.58 Å². The second-order valence-corrected chi connectivity index (χ2v) is 3.18. The van der Waals surface area contributed by atoms with Crippen molar-refractivity contribution in [1.82, 2.24) is 0 Å². The minimum atomic E-state index is -5.19. The summed E-state index contributed by atoms with van der Waals surface area (Å²) in [5, 5.41) is 0. The number of hydrogen-bond acceptors (Lipinski definition) is 1. The average Bonchev–Trinajstić information content (AvgIpc) is 2.16. The lowest BCUT2D eigenvalue weighted by Gasteiger charge is -2.19. The van der Waals surface area contributed by atoms with E-state index in [9.17, 15) is 17.3 Å². The molecule has 0 bridgehead atoms. The molecule has 0 aromatic heterocycles. The van der Waals surface area contributed by atoms with Crippen LogP contribution >= 0.6 is 0 Å². The summed E-state index contributed by atoms with van der Waals surface area (Å²) in [6.45, 7) is -1.73. The maximum Gasteiger partial charge on any atom is 0.513 e. The van der Waals surface area contributed by atoms with Crippen molar-refractivity contribution in [2.75, 3.05) is 6.61 Å². The molecule has 0 aliphatic heterocycles. The van der Waals surface area contributed by atoms with Gasteiger partial charge >= 0.3 is 6.98 Å². The van der Waals surface area contributed by atoms with Crippen LogP contribution in [0.2, 0.25) is 0 Å². The van der Waals surface area contributed by atoms with Crippen LogP contribution in [0.1, 0.15) is 6.42 Å². The molecule has 88 valence electrons. The highest BCUT2D eigenvalue weighted by molar-refractivity contribution is 6.74. The fraction of sp³-hybridized carbons (Fsp3) is 0.200. The van der Waals surface area contributed by atoms with Crippen LogP contribution in [0.25, 0.3) is 0 Å². The lowest BCUT2D eigenvalue weighted by molar-refractivity contribution is 0.324. The molecular formula is C10H10BF4O-. The van der Waals surface area contributed by atoms with Crippen molar-refractivity contribution in [3.05, 3.63) is 36.7 Å². The lowest BCUT2D eigenvalue weighted by Crippen LogP contribution is -2.35. The number of hydrogen-bond donors (Lipinski definition) is 0. The normalized spacial score (nSPS) is 11.2. The molecule has 16 heavy (non-hydrogen) atoms.